The summed E-state index contributed by atoms with van der Waals surface area (Å²) in [5.41, 5.74) is 1.00. The lowest BCUT2D eigenvalue weighted by Crippen LogP contribution is -2.55. The summed E-state index contributed by atoms with van der Waals surface area (Å²) in [5.74, 6) is 0. The second kappa shape index (κ2) is 8.15. The molecule has 2 N–H and O–H groups in total. The Hall–Kier alpha value is -1.59. The van der Waals surface area contributed by atoms with Crippen LogP contribution in [0.25, 0.3) is 0 Å². The molecule has 0 radical (unpaired) electrons. The quantitative estimate of drug-likeness (QED) is 0.809. The van der Waals surface area contributed by atoms with Crippen LogP contribution in [-0.2, 0) is 11.3 Å². The second-order valence-electron chi connectivity index (χ2n) is 6.40. The molecule has 22 heavy (non-hydrogen) atoms. The fraction of sp³-hybridized carbons (Fsp3) is 0.588. The van der Waals surface area contributed by atoms with Crippen LogP contribution >= 0.6 is 0 Å². The molecule has 1 fully saturated rings. The molecule has 2 rings (SSSR count). The van der Waals surface area contributed by atoms with Crippen LogP contribution in [-0.4, -0.2) is 49.8 Å². The number of carbonyl (C=O) groups excluding carboxylic acids is 1. The van der Waals surface area contributed by atoms with Gasteiger partial charge >= 0.3 is 6.09 Å². The predicted molar refractivity (Wildman–Crippen MR) is 87.7 cm³/mol. The van der Waals surface area contributed by atoms with Crippen LogP contribution < -0.4 is 10.6 Å². The molecule has 5 nitrogen and oxygen atoms in total. The van der Waals surface area contributed by atoms with Gasteiger partial charge in [-0.2, -0.15) is 0 Å². The summed E-state index contributed by atoms with van der Waals surface area (Å²) in [6.45, 7) is 3.53. The zero-order valence-corrected chi connectivity index (χ0v) is 13.7. The third-order valence-electron chi connectivity index (χ3n) is 3.83. The van der Waals surface area contributed by atoms with Crippen LogP contribution in [0.2, 0.25) is 0 Å². The Morgan fingerprint density at radius 1 is 1.27 bits per heavy atom. The number of likely N-dealkylation sites (N-methyl/N-ethyl adjacent to an activating group) is 1. The smallest absolute Gasteiger partial charge is 0.407 e. The Bertz CT molecular complexity index is 458. The van der Waals surface area contributed by atoms with Gasteiger partial charge in [-0.15, -0.1) is 0 Å². The van der Waals surface area contributed by atoms with Crippen molar-refractivity contribution in [3.05, 3.63) is 35.9 Å². The largest absolute Gasteiger partial charge is 0.445 e. The number of alkyl carbamates (subject to hydrolysis) is 1. The second-order valence-corrected chi connectivity index (χ2v) is 6.40. The van der Waals surface area contributed by atoms with Gasteiger partial charge in [0, 0.05) is 24.7 Å². The highest BCUT2D eigenvalue weighted by molar-refractivity contribution is 5.67. The van der Waals surface area contributed by atoms with Gasteiger partial charge in [-0.05, 0) is 39.4 Å². The highest BCUT2D eigenvalue weighted by Gasteiger charge is 2.31. The summed E-state index contributed by atoms with van der Waals surface area (Å²) in [6.07, 6.45) is 1.62. The fourth-order valence-corrected chi connectivity index (χ4v) is 2.81. The van der Waals surface area contributed by atoms with E-state index in [4.69, 9.17) is 4.74 Å². The third-order valence-corrected chi connectivity index (χ3v) is 3.83. The SMILES string of the molecule is CC(CN(C)C)NC1CC(NC(=O)OCc2ccccc2)C1. The van der Waals surface area contributed by atoms with Crippen LogP contribution in [0.3, 0.4) is 0 Å². The first-order valence-corrected chi connectivity index (χ1v) is 7.91. The van der Waals surface area contributed by atoms with E-state index in [0.29, 0.717) is 18.7 Å². The van der Waals surface area contributed by atoms with Gasteiger partial charge in [-0.1, -0.05) is 30.3 Å². The number of hydrogen-bond donors (Lipinski definition) is 2. The van der Waals surface area contributed by atoms with Crippen molar-refractivity contribution in [1.29, 1.82) is 0 Å². The van der Waals surface area contributed by atoms with E-state index in [0.717, 1.165) is 24.9 Å². The van der Waals surface area contributed by atoms with E-state index in [1.54, 1.807) is 0 Å². The molecule has 1 aromatic carbocycles. The molecule has 0 saturated heterocycles. The molecule has 0 bridgehead atoms. The summed E-state index contributed by atoms with van der Waals surface area (Å²) in [5, 5.41) is 6.49. The first-order valence-electron chi connectivity index (χ1n) is 7.91. The van der Waals surface area contributed by atoms with Crippen LogP contribution in [0.5, 0.6) is 0 Å². The van der Waals surface area contributed by atoms with Gasteiger partial charge in [0.05, 0.1) is 0 Å². The molecule has 0 aliphatic heterocycles. The lowest BCUT2D eigenvalue weighted by Gasteiger charge is -2.38. The van der Waals surface area contributed by atoms with Crippen LogP contribution in [0.15, 0.2) is 30.3 Å². The normalized spacial score (nSPS) is 22.0. The van der Waals surface area contributed by atoms with E-state index in [9.17, 15) is 4.79 Å². The Kier molecular flexibility index (Phi) is 6.21. The van der Waals surface area contributed by atoms with E-state index in [1.165, 1.54) is 0 Å². The zero-order valence-electron chi connectivity index (χ0n) is 13.7. The van der Waals surface area contributed by atoms with Crippen molar-refractivity contribution in [2.45, 2.75) is 44.5 Å². The Morgan fingerprint density at radius 3 is 2.59 bits per heavy atom. The van der Waals surface area contributed by atoms with Gasteiger partial charge in [-0.25, -0.2) is 4.79 Å². The minimum atomic E-state index is -0.325. The summed E-state index contributed by atoms with van der Waals surface area (Å²) < 4.78 is 5.23. The van der Waals surface area contributed by atoms with E-state index < -0.39 is 0 Å². The van der Waals surface area contributed by atoms with Gasteiger partial charge in [0.1, 0.15) is 6.61 Å². The molecule has 1 unspecified atom stereocenters. The molecular weight excluding hydrogens is 278 g/mol. The van der Waals surface area contributed by atoms with Gasteiger partial charge in [0.15, 0.2) is 0 Å². The van der Waals surface area contributed by atoms with E-state index in [-0.39, 0.29) is 12.1 Å². The molecule has 1 aliphatic rings. The maximum absolute atomic E-state index is 11.7. The van der Waals surface area contributed by atoms with Gasteiger partial charge in [-0.3, -0.25) is 0 Å². The number of hydrogen-bond acceptors (Lipinski definition) is 4. The topological polar surface area (TPSA) is 53.6 Å². The number of benzene rings is 1. The minimum Gasteiger partial charge on any atom is -0.445 e. The van der Waals surface area contributed by atoms with Crippen molar-refractivity contribution in [2.75, 3.05) is 20.6 Å². The molecule has 1 aromatic rings. The Balaban J connectivity index is 1.58. The van der Waals surface area contributed by atoms with E-state index in [2.05, 4.69) is 36.6 Å². The number of carbonyl (C=O) groups is 1. The minimum absolute atomic E-state index is 0.229. The van der Waals surface area contributed by atoms with Crippen molar-refractivity contribution < 1.29 is 9.53 Å². The first-order chi connectivity index (χ1) is 10.5. The van der Waals surface area contributed by atoms with Crippen molar-refractivity contribution in [1.82, 2.24) is 15.5 Å². The monoisotopic (exact) mass is 305 g/mol. The van der Waals surface area contributed by atoms with Gasteiger partial charge < -0.3 is 20.3 Å². The van der Waals surface area contributed by atoms with Crippen molar-refractivity contribution in [2.24, 2.45) is 0 Å². The van der Waals surface area contributed by atoms with Gasteiger partial charge in [0.25, 0.3) is 0 Å². The lowest BCUT2D eigenvalue weighted by molar-refractivity contribution is 0.124. The Morgan fingerprint density at radius 2 is 1.95 bits per heavy atom. The maximum Gasteiger partial charge on any atom is 0.407 e. The molecule has 1 aliphatic carbocycles. The first kappa shape index (κ1) is 16.8. The maximum atomic E-state index is 11.7. The number of nitrogens with one attached hydrogen (secondary N) is 2. The van der Waals surface area contributed by atoms with Crippen molar-refractivity contribution in [3.8, 4) is 0 Å². The summed E-state index contributed by atoms with van der Waals surface area (Å²) in [4.78, 5) is 13.9. The molecule has 1 saturated carbocycles. The van der Waals surface area contributed by atoms with E-state index in [1.807, 2.05) is 30.3 Å². The number of nitrogens with zero attached hydrogens (tertiary/aromatic N) is 1. The summed E-state index contributed by atoms with van der Waals surface area (Å²) in [7, 11) is 4.15. The highest BCUT2D eigenvalue weighted by Crippen LogP contribution is 2.20. The number of amides is 1. The van der Waals surface area contributed by atoms with Crippen LogP contribution in [0.4, 0.5) is 4.79 Å². The van der Waals surface area contributed by atoms with Crippen molar-refractivity contribution in [3.63, 3.8) is 0 Å². The molecule has 0 spiro atoms. The van der Waals surface area contributed by atoms with Crippen LogP contribution in [0.1, 0.15) is 25.3 Å². The Labute approximate surface area is 133 Å². The van der Waals surface area contributed by atoms with Gasteiger partial charge in [0.2, 0.25) is 0 Å². The lowest BCUT2D eigenvalue weighted by atomic mass is 9.86. The summed E-state index contributed by atoms with van der Waals surface area (Å²) in [6, 6.07) is 10.9. The molecular formula is C17H27N3O2. The molecule has 122 valence electrons. The van der Waals surface area contributed by atoms with Crippen LogP contribution in [0, 0.1) is 0 Å². The molecule has 1 atom stereocenters. The molecule has 5 heteroatoms. The summed E-state index contributed by atoms with van der Waals surface area (Å²) >= 11 is 0. The third kappa shape index (κ3) is 5.66. The number of rotatable bonds is 7. The molecule has 0 aromatic heterocycles. The highest BCUT2D eigenvalue weighted by atomic mass is 16.5. The average molecular weight is 305 g/mol. The average Bonchev–Trinajstić information content (AvgIpc) is 2.43. The molecule has 0 heterocycles. The number of ether oxygens (including phenoxy) is 1. The van der Waals surface area contributed by atoms with E-state index >= 15 is 0 Å². The zero-order chi connectivity index (χ0) is 15.9. The fourth-order valence-electron chi connectivity index (χ4n) is 2.81. The predicted octanol–water partition coefficient (Wildman–Crippen LogP) is 1.98. The van der Waals surface area contributed by atoms with Crippen molar-refractivity contribution >= 4 is 6.09 Å². The molecule has 1 amide bonds. The standard InChI is InChI=1S/C17H27N3O2/c1-13(11-20(2)3)18-15-9-16(10-15)19-17(21)22-12-14-7-5-4-6-8-14/h4-8,13,15-16,18H,9-12H2,1-3H3,(H,19,21).